The molecule has 0 spiro atoms. The number of ether oxygens (including phenoxy) is 1. The number of nitrogen functional groups attached to an aromatic ring is 1. The first-order valence-corrected chi connectivity index (χ1v) is 7.02. The fraction of sp³-hybridized carbons (Fsp3) is 0.250. The molecule has 1 aliphatic rings. The molecule has 1 unspecified atom stereocenters. The van der Waals surface area contributed by atoms with Gasteiger partial charge in [0.2, 0.25) is 0 Å². The number of benzene rings is 2. The van der Waals surface area contributed by atoms with E-state index in [1.165, 1.54) is 0 Å². The second kappa shape index (κ2) is 5.09. The second-order valence-electron chi connectivity index (χ2n) is 5.01. The predicted octanol–water partition coefficient (Wildman–Crippen LogP) is 3.05. The van der Waals surface area contributed by atoms with Crippen LogP contribution >= 0.6 is 11.6 Å². The summed E-state index contributed by atoms with van der Waals surface area (Å²) < 4.78 is 6.05. The average Bonchev–Trinajstić information content (AvgIpc) is 2.94. The molecule has 0 aliphatic carbocycles. The largest absolute Gasteiger partial charge is 0.398 e. The van der Waals surface area contributed by atoms with Crippen molar-refractivity contribution in [1.82, 2.24) is 5.32 Å². The van der Waals surface area contributed by atoms with Gasteiger partial charge in [0.25, 0.3) is 0 Å². The van der Waals surface area contributed by atoms with Crippen LogP contribution in [0.25, 0.3) is 0 Å². The Morgan fingerprint density at radius 1 is 1.25 bits per heavy atom. The molecule has 3 nitrogen and oxygen atoms in total. The van der Waals surface area contributed by atoms with E-state index in [4.69, 9.17) is 22.1 Å². The lowest BCUT2D eigenvalue weighted by molar-refractivity contribution is 0.0229. The Balaban J connectivity index is 2.22. The van der Waals surface area contributed by atoms with Crippen LogP contribution in [0.4, 0.5) is 5.69 Å². The van der Waals surface area contributed by atoms with E-state index < -0.39 is 5.72 Å². The summed E-state index contributed by atoms with van der Waals surface area (Å²) in [5.41, 5.74) is 9.16. The van der Waals surface area contributed by atoms with Crippen molar-refractivity contribution in [2.24, 2.45) is 0 Å². The van der Waals surface area contributed by atoms with Crippen LogP contribution in [-0.4, -0.2) is 13.2 Å². The Morgan fingerprint density at radius 2 is 2.00 bits per heavy atom. The number of nitrogens with one attached hydrogen (secondary N) is 1. The van der Waals surface area contributed by atoms with E-state index in [9.17, 15) is 0 Å². The molecular weight excluding hydrogens is 272 g/mol. The maximum absolute atomic E-state index is 6.28. The number of halogens is 1. The zero-order valence-electron chi connectivity index (χ0n) is 11.3. The van der Waals surface area contributed by atoms with Crippen LogP contribution in [0.15, 0.2) is 42.5 Å². The maximum atomic E-state index is 6.28. The molecule has 0 amide bonds. The molecule has 3 N–H and O–H groups in total. The molecule has 0 saturated carbocycles. The standard InChI is InChI=1S/C16H17ClN2O/c1-11-9-13(17)10-14(15(11)18)16(19-7-8-20-16)12-5-3-2-4-6-12/h2-6,9-10,19H,7-8,18H2,1H3. The van der Waals surface area contributed by atoms with Crippen molar-refractivity contribution in [3.8, 4) is 0 Å². The third kappa shape index (κ3) is 2.08. The molecule has 0 aromatic heterocycles. The Hall–Kier alpha value is -1.55. The van der Waals surface area contributed by atoms with Gasteiger partial charge in [-0.1, -0.05) is 41.9 Å². The van der Waals surface area contributed by atoms with Gasteiger partial charge in [-0.2, -0.15) is 0 Å². The molecule has 1 atom stereocenters. The molecule has 2 aromatic rings. The second-order valence-corrected chi connectivity index (χ2v) is 5.44. The molecule has 1 heterocycles. The van der Waals surface area contributed by atoms with E-state index in [1.807, 2.05) is 49.4 Å². The Kier molecular flexibility index (Phi) is 3.42. The average molecular weight is 289 g/mol. The van der Waals surface area contributed by atoms with Gasteiger partial charge in [-0.05, 0) is 24.6 Å². The van der Waals surface area contributed by atoms with Crippen molar-refractivity contribution in [3.63, 3.8) is 0 Å². The fourth-order valence-corrected chi connectivity index (χ4v) is 2.99. The lowest BCUT2D eigenvalue weighted by Gasteiger charge is -2.31. The monoisotopic (exact) mass is 288 g/mol. The minimum atomic E-state index is -0.707. The van der Waals surface area contributed by atoms with Crippen molar-refractivity contribution in [3.05, 3.63) is 64.2 Å². The number of rotatable bonds is 2. The van der Waals surface area contributed by atoms with E-state index in [-0.39, 0.29) is 0 Å². The first kappa shape index (κ1) is 13.4. The van der Waals surface area contributed by atoms with Crippen LogP contribution in [0, 0.1) is 6.92 Å². The van der Waals surface area contributed by atoms with Gasteiger partial charge < -0.3 is 10.5 Å². The van der Waals surface area contributed by atoms with Crippen LogP contribution in [-0.2, 0) is 10.5 Å². The summed E-state index contributed by atoms with van der Waals surface area (Å²) in [5, 5.41) is 4.10. The van der Waals surface area contributed by atoms with Gasteiger partial charge in [0, 0.05) is 28.4 Å². The van der Waals surface area contributed by atoms with Gasteiger partial charge >= 0.3 is 0 Å². The molecule has 0 radical (unpaired) electrons. The van der Waals surface area contributed by atoms with Crippen molar-refractivity contribution in [2.75, 3.05) is 18.9 Å². The van der Waals surface area contributed by atoms with E-state index in [2.05, 4.69) is 5.32 Å². The molecule has 20 heavy (non-hydrogen) atoms. The summed E-state index contributed by atoms with van der Waals surface area (Å²) in [5.74, 6) is 0. The van der Waals surface area contributed by atoms with E-state index in [0.717, 1.165) is 23.2 Å². The lowest BCUT2D eigenvalue weighted by atomic mass is 9.91. The number of hydrogen-bond donors (Lipinski definition) is 2. The van der Waals surface area contributed by atoms with Crippen molar-refractivity contribution in [2.45, 2.75) is 12.6 Å². The third-order valence-electron chi connectivity index (χ3n) is 3.71. The zero-order valence-corrected chi connectivity index (χ0v) is 12.1. The predicted molar refractivity (Wildman–Crippen MR) is 81.8 cm³/mol. The topological polar surface area (TPSA) is 47.3 Å². The maximum Gasteiger partial charge on any atom is 0.173 e. The minimum absolute atomic E-state index is 0.639. The van der Waals surface area contributed by atoms with Crippen LogP contribution in [0.1, 0.15) is 16.7 Å². The molecule has 0 bridgehead atoms. The SMILES string of the molecule is Cc1cc(Cl)cc(C2(c3ccccc3)NCCO2)c1N. The lowest BCUT2D eigenvalue weighted by Crippen LogP contribution is -2.40. The first-order chi connectivity index (χ1) is 9.63. The number of anilines is 1. The van der Waals surface area contributed by atoms with E-state index in [1.54, 1.807) is 0 Å². The van der Waals surface area contributed by atoms with Crippen molar-refractivity contribution >= 4 is 17.3 Å². The van der Waals surface area contributed by atoms with Gasteiger partial charge in [-0.15, -0.1) is 0 Å². The third-order valence-corrected chi connectivity index (χ3v) is 3.92. The molecule has 1 fully saturated rings. The van der Waals surface area contributed by atoms with Gasteiger partial charge in [-0.25, -0.2) is 0 Å². The summed E-state index contributed by atoms with van der Waals surface area (Å²) in [6.07, 6.45) is 0. The van der Waals surface area contributed by atoms with Gasteiger partial charge in [0.05, 0.1) is 6.61 Å². The highest BCUT2D eigenvalue weighted by atomic mass is 35.5. The normalized spacial score (nSPS) is 22.1. The van der Waals surface area contributed by atoms with Crippen LogP contribution in [0.2, 0.25) is 5.02 Å². The molecule has 3 rings (SSSR count). The summed E-state index contributed by atoms with van der Waals surface area (Å²) in [7, 11) is 0. The summed E-state index contributed by atoms with van der Waals surface area (Å²) >= 11 is 6.21. The molecule has 4 heteroatoms. The quantitative estimate of drug-likeness (QED) is 0.835. The molecule has 1 aliphatic heterocycles. The highest BCUT2D eigenvalue weighted by Crippen LogP contribution is 2.39. The number of hydrogen-bond acceptors (Lipinski definition) is 3. The molecule has 2 aromatic carbocycles. The number of aryl methyl sites for hydroxylation is 1. The van der Waals surface area contributed by atoms with Crippen LogP contribution in [0.5, 0.6) is 0 Å². The van der Waals surface area contributed by atoms with Crippen LogP contribution < -0.4 is 11.1 Å². The van der Waals surface area contributed by atoms with Gasteiger partial charge in [-0.3, -0.25) is 5.32 Å². The number of nitrogens with two attached hydrogens (primary N) is 1. The molecule has 1 saturated heterocycles. The smallest absolute Gasteiger partial charge is 0.173 e. The molecule has 104 valence electrons. The summed E-state index contributed by atoms with van der Waals surface area (Å²) in [6, 6.07) is 13.8. The van der Waals surface area contributed by atoms with E-state index >= 15 is 0 Å². The zero-order chi connectivity index (χ0) is 14.2. The minimum Gasteiger partial charge on any atom is -0.398 e. The summed E-state index contributed by atoms with van der Waals surface area (Å²) in [4.78, 5) is 0. The Bertz CT molecular complexity index is 622. The van der Waals surface area contributed by atoms with Gasteiger partial charge in [0.15, 0.2) is 5.72 Å². The highest BCUT2D eigenvalue weighted by molar-refractivity contribution is 6.30. The van der Waals surface area contributed by atoms with Crippen molar-refractivity contribution in [1.29, 1.82) is 0 Å². The Morgan fingerprint density at radius 3 is 2.65 bits per heavy atom. The van der Waals surface area contributed by atoms with Crippen LogP contribution in [0.3, 0.4) is 0 Å². The fourth-order valence-electron chi connectivity index (χ4n) is 2.71. The Labute approximate surface area is 123 Å². The summed E-state index contributed by atoms with van der Waals surface area (Å²) in [6.45, 7) is 3.37. The van der Waals surface area contributed by atoms with E-state index in [0.29, 0.717) is 17.3 Å². The van der Waals surface area contributed by atoms with Crippen molar-refractivity contribution < 1.29 is 4.74 Å². The molecular formula is C16H17ClN2O. The van der Waals surface area contributed by atoms with Gasteiger partial charge in [0.1, 0.15) is 0 Å². The first-order valence-electron chi connectivity index (χ1n) is 6.64. The highest BCUT2D eigenvalue weighted by Gasteiger charge is 2.40.